The van der Waals surface area contributed by atoms with Crippen LogP contribution in [0.4, 0.5) is 24.8 Å². The number of hydrogen-bond donors (Lipinski definition) is 1. The second-order valence-corrected chi connectivity index (χ2v) is 9.28. The van der Waals surface area contributed by atoms with Crippen LogP contribution in [0.2, 0.25) is 0 Å². The van der Waals surface area contributed by atoms with Gasteiger partial charge in [0, 0.05) is 11.7 Å². The summed E-state index contributed by atoms with van der Waals surface area (Å²) in [6.07, 6.45) is 2.08. The van der Waals surface area contributed by atoms with Crippen LogP contribution >= 0.6 is 15.9 Å². The first-order chi connectivity index (χ1) is 15.9. The molecular formula is C22H23BrF3N7. The summed E-state index contributed by atoms with van der Waals surface area (Å²) in [7, 11) is 0. The van der Waals surface area contributed by atoms with Gasteiger partial charge in [-0.05, 0) is 103 Å². The largest absolute Gasteiger partial charge is 0.453 e. The number of hydrogen-bond acceptors (Lipinski definition) is 6. The first-order valence-corrected chi connectivity index (χ1v) is 11.8. The minimum absolute atomic E-state index is 0.0672. The van der Waals surface area contributed by atoms with E-state index in [0.717, 1.165) is 30.4 Å². The zero-order valence-electron chi connectivity index (χ0n) is 17.8. The number of fused-ring (bicyclic) bond motifs is 1. The molecule has 0 saturated carbocycles. The summed E-state index contributed by atoms with van der Waals surface area (Å²) in [6.45, 7) is 2.37. The lowest BCUT2D eigenvalue weighted by atomic mass is 10.0. The van der Waals surface area contributed by atoms with Gasteiger partial charge in [-0.3, -0.25) is 0 Å². The van der Waals surface area contributed by atoms with Crippen molar-refractivity contribution in [3.63, 3.8) is 0 Å². The Balaban J connectivity index is 1.40. The lowest BCUT2D eigenvalue weighted by Gasteiger charge is -2.25. The van der Waals surface area contributed by atoms with Gasteiger partial charge < -0.3 is 10.2 Å². The Morgan fingerprint density at radius 2 is 1.73 bits per heavy atom. The first-order valence-electron chi connectivity index (χ1n) is 11.0. The third-order valence-electron chi connectivity index (χ3n) is 6.31. The van der Waals surface area contributed by atoms with Crippen LogP contribution in [0, 0.1) is 0 Å². The maximum Gasteiger partial charge on any atom is 0.453 e. The summed E-state index contributed by atoms with van der Waals surface area (Å²) in [5.74, 6) is -1.17. The van der Waals surface area contributed by atoms with E-state index in [2.05, 4.69) is 52.5 Å². The zero-order chi connectivity index (χ0) is 23.0. The fourth-order valence-corrected chi connectivity index (χ4v) is 4.88. The SMILES string of the molecule is FC(F)(F)c1nc(Nc2ccc3c(c2)CCC(N2CCCC2)CC3)n(-c2ccc(Br)nn2)n1. The standard InChI is InChI=1S/C22H23BrF3N7/c23-18-9-10-19(30-29-18)33-21(28-20(31-33)22(24,25)26)27-16-6-3-14-4-7-17(8-5-15(14)13-16)32-11-1-2-12-32/h3,6,9-10,13,17H,1-2,4-5,7-8,11-12H2,(H,27,28,31). The molecule has 33 heavy (non-hydrogen) atoms. The molecule has 11 heteroatoms. The second-order valence-electron chi connectivity index (χ2n) is 8.47. The lowest BCUT2D eigenvalue weighted by molar-refractivity contribution is -0.144. The van der Waals surface area contributed by atoms with Crippen molar-refractivity contribution in [1.29, 1.82) is 0 Å². The van der Waals surface area contributed by atoms with Crippen LogP contribution in [-0.2, 0) is 19.0 Å². The number of aromatic nitrogens is 5. The second kappa shape index (κ2) is 9.02. The van der Waals surface area contributed by atoms with Crippen molar-refractivity contribution >= 4 is 27.6 Å². The van der Waals surface area contributed by atoms with Crippen LogP contribution in [0.15, 0.2) is 34.9 Å². The summed E-state index contributed by atoms with van der Waals surface area (Å²) in [5.41, 5.74) is 3.20. The lowest BCUT2D eigenvalue weighted by Crippen LogP contribution is -2.32. The molecule has 0 spiro atoms. The quantitative estimate of drug-likeness (QED) is 0.491. The zero-order valence-corrected chi connectivity index (χ0v) is 19.4. The van der Waals surface area contributed by atoms with Crippen LogP contribution in [0.5, 0.6) is 0 Å². The van der Waals surface area contributed by atoms with E-state index in [9.17, 15) is 13.2 Å². The molecule has 0 amide bonds. The highest BCUT2D eigenvalue weighted by atomic mass is 79.9. The van der Waals surface area contributed by atoms with Crippen molar-refractivity contribution in [3.8, 4) is 5.82 Å². The Morgan fingerprint density at radius 1 is 0.970 bits per heavy atom. The van der Waals surface area contributed by atoms with E-state index in [1.165, 1.54) is 43.1 Å². The van der Waals surface area contributed by atoms with Crippen LogP contribution < -0.4 is 5.32 Å². The van der Waals surface area contributed by atoms with Crippen LogP contribution in [0.25, 0.3) is 5.82 Å². The van der Waals surface area contributed by atoms with Gasteiger partial charge in [0.15, 0.2) is 5.82 Å². The van der Waals surface area contributed by atoms with Crippen molar-refractivity contribution in [2.24, 2.45) is 0 Å². The molecule has 7 nitrogen and oxygen atoms in total. The Kier molecular flexibility index (Phi) is 6.09. The highest BCUT2D eigenvalue weighted by Gasteiger charge is 2.37. The van der Waals surface area contributed by atoms with Crippen molar-refractivity contribution < 1.29 is 13.2 Å². The molecule has 3 aromatic rings. The molecule has 1 atom stereocenters. The molecule has 1 saturated heterocycles. The number of alkyl halides is 3. The van der Waals surface area contributed by atoms with Gasteiger partial charge >= 0.3 is 6.18 Å². The highest BCUT2D eigenvalue weighted by Crippen LogP contribution is 2.31. The van der Waals surface area contributed by atoms with E-state index in [4.69, 9.17) is 0 Å². The minimum atomic E-state index is -4.68. The molecule has 1 aromatic carbocycles. The number of benzene rings is 1. The molecule has 2 aromatic heterocycles. The van der Waals surface area contributed by atoms with Gasteiger partial charge in [0.05, 0.1) is 0 Å². The molecule has 0 radical (unpaired) electrons. The number of rotatable bonds is 4. The number of likely N-dealkylation sites (tertiary alicyclic amines) is 1. The Hall–Kier alpha value is -2.53. The van der Waals surface area contributed by atoms with Crippen LogP contribution in [-0.4, -0.2) is 49.0 Å². The fraction of sp³-hybridized carbons (Fsp3) is 0.455. The van der Waals surface area contributed by atoms with Gasteiger partial charge in [0.1, 0.15) is 4.60 Å². The first kappa shape index (κ1) is 22.3. The Labute approximate surface area is 197 Å². The number of anilines is 2. The van der Waals surface area contributed by atoms with E-state index >= 15 is 0 Å². The number of halogens is 4. The number of aryl methyl sites for hydroxylation is 2. The smallest absolute Gasteiger partial charge is 0.324 e. The molecule has 1 unspecified atom stereocenters. The Morgan fingerprint density at radius 3 is 2.42 bits per heavy atom. The molecule has 3 heterocycles. The summed E-state index contributed by atoms with van der Waals surface area (Å²) >= 11 is 3.18. The maximum atomic E-state index is 13.3. The van der Waals surface area contributed by atoms with Gasteiger partial charge in [-0.1, -0.05) is 6.07 Å². The molecular weight excluding hydrogens is 499 g/mol. The molecule has 1 aliphatic carbocycles. The topological polar surface area (TPSA) is 71.8 Å². The highest BCUT2D eigenvalue weighted by molar-refractivity contribution is 9.10. The van der Waals surface area contributed by atoms with E-state index in [0.29, 0.717) is 16.3 Å². The summed E-state index contributed by atoms with van der Waals surface area (Å²) < 4.78 is 41.5. The molecule has 174 valence electrons. The van der Waals surface area contributed by atoms with Gasteiger partial charge in [-0.2, -0.15) is 22.8 Å². The van der Waals surface area contributed by atoms with Crippen molar-refractivity contribution in [3.05, 3.63) is 51.9 Å². The van der Waals surface area contributed by atoms with Crippen molar-refractivity contribution in [1.82, 2.24) is 29.9 Å². The monoisotopic (exact) mass is 521 g/mol. The average molecular weight is 522 g/mol. The fourth-order valence-electron chi connectivity index (χ4n) is 4.66. The summed E-state index contributed by atoms with van der Waals surface area (Å²) in [6, 6.07) is 9.67. The normalized spacial score (nSPS) is 19.3. The molecule has 1 fully saturated rings. The number of nitrogens with one attached hydrogen (secondary N) is 1. The van der Waals surface area contributed by atoms with Crippen LogP contribution in [0.1, 0.15) is 42.6 Å². The summed E-state index contributed by atoms with van der Waals surface area (Å²) in [5, 5.41) is 14.4. The maximum absolute atomic E-state index is 13.3. The van der Waals surface area contributed by atoms with Crippen molar-refractivity contribution in [2.75, 3.05) is 18.4 Å². The van der Waals surface area contributed by atoms with Crippen molar-refractivity contribution in [2.45, 2.75) is 50.7 Å². The third kappa shape index (κ3) is 4.89. The predicted molar refractivity (Wildman–Crippen MR) is 121 cm³/mol. The molecule has 1 aliphatic heterocycles. The number of nitrogens with zero attached hydrogens (tertiary/aromatic N) is 6. The van der Waals surface area contributed by atoms with Gasteiger partial charge in [-0.25, -0.2) is 0 Å². The van der Waals surface area contributed by atoms with Crippen LogP contribution in [0.3, 0.4) is 0 Å². The van der Waals surface area contributed by atoms with E-state index in [1.54, 1.807) is 6.07 Å². The van der Waals surface area contributed by atoms with E-state index in [1.807, 2.05) is 12.1 Å². The van der Waals surface area contributed by atoms with E-state index < -0.39 is 12.0 Å². The van der Waals surface area contributed by atoms with Gasteiger partial charge in [-0.15, -0.1) is 15.3 Å². The Bertz CT molecular complexity index is 1120. The molecule has 0 bridgehead atoms. The van der Waals surface area contributed by atoms with Gasteiger partial charge in [0.25, 0.3) is 5.82 Å². The third-order valence-corrected chi connectivity index (χ3v) is 6.73. The van der Waals surface area contributed by atoms with Gasteiger partial charge in [0.2, 0.25) is 5.95 Å². The molecule has 1 N–H and O–H groups in total. The molecule has 2 aliphatic rings. The van der Waals surface area contributed by atoms with E-state index in [-0.39, 0.29) is 11.8 Å². The predicted octanol–water partition coefficient (Wildman–Crippen LogP) is 4.93. The average Bonchev–Trinajstić information content (AvgIpc) is 3.41. The minimum Gasteiger partial charge on any atom is -0.324 e. The molecule has 5 rings (SSSR count). The summed E-state index contributed by atoms with van der Waals surface area (Å²) in [4.78, 5) is 6.30.